The molecule has 1 aromatic carbocycles. The molecule has 2 fully saturated rings. The molecule has 2 aliphatic rings. The largest absolute Gasteiger partial charge is 0.461 e. The van der Waals surface area contributed by atoms with E-state index in [1.807, 2.05) is 30.3 Å². The second kappa shape index (κ2) is 11.9. The maximum Gasteiger partial charge on any atom is 0.408 e. The predicted octanol–water partition coefficient (Wildman–Crippen LogP) is 1.61. The number of esters is 1. The summed E-state index contributed by atoms with van der Waals surface area (Å²) in [5.74, 6) is -1.76. The van der Waals surface area contributed by atoms with E-state index in [1.165, 1.54) is 16.8 Å². The fourth-order valence-corrected chi connectivity index (χ4v) is 4.40. The summed E-state index contributed by atoms with van der Waals surface area (Å²) in [6.07, 6.45) is -2.65. The quantitative estimate of drug-likeness (QED) is 0.431. The van der Waals surface area contributed by atoms with Gasteiger partial charge in [-0.15, -0.1) is 0 Å². The summed E-state index contributed by atoms with van der Waals surface area (Å²) in [5.41, 5.74) is -1.12. The van der Waals surface area contributed by atoms with Gasteiger partial charge in [0.2, 0.25) is 0 Å². The zero-order valence-corrected chi connectivity index (χ0v) is 23.1. The summed E-state index contributed by atoms with van der Waals surface area (Å²) in [7, 11) is 0. The molecule has 0 radical (unpaired) electrons. The first-order valence-corrected chi connectivity index (χ1v) is 12.9. The molecule has 3 heterocycles. The highest BCUT2D eigenvalue weighted by Gasteiger charge is 2.56. The Morgan fingerprint density at radius 1 is 1.10 bits per heavy atom. The van der Waals surface area contributed by atoms with Gasteiger partial charge in [-0.05, 0) is 40.2 Å². The van der Waals surface area contributed by atoms with Crippen molar-refractivity contribution in [2.45, 2.75) is 83.2 Å². The third kappa shape index (κ3) is 7.56. The van der Waals surface area contributed by atoms with E-state index in [0.29, 0.717) is 0 Å². The monoisotopic (exact) mass is 561 g/mol. The second-order valence-electron chi connectivity index (χ2n) is 11.0. The van der Waals surface area contributed by atoms with Crippen LogP contribution in [0, 0.1) is 0 Å². The number of ether oxygens (including phenoxy) is 6. The number of aromatic amines is 1. The van der Waals surface area contributed by atoms with Crippen molar-refractivity contribution in [3.63, 3.8) is 0 Å². The molecule has 40 heavy (non-hydrogen) atoms. The van der Waals surface area contributed by atoms with Gasteiger partial charge >= 0.3 is 17.8 Å². The van der Waals surface area contributed by atoms with Gasteiger partial charge in [0.25, 0.3) is 5.56 Å². The minimum atomic E-state index is -1.18. The summed E-state index contributed by atoms with van der Waals surface area (Å²) in [6.45, 7) is 8.31. The van der Waals surface area contributed by atoms with Gasteiger partial charge in [0.05, 0.1) is 13.2 Å². The van der Waals surface area contributed by atoms with Gasteiger partial charge in [-0.1, -0.05) is 30.3 Å². The maximum absolute atomic E-state index is 13.1. The molecule has 2 aliphatic heterocycles. The first-order valence-electron chi connectivity index (χ1n) is 12.9. The molecular weight excluding hydrogens is 526 g/mol. The number of H-pyrrole nitrogens is 1. The number of benzene rings is 1. The van der Waals surface area contributed by atoms with Crippen LogP contribution in [0.15, 0.2) is 52.2 Å². The average molecular weight is 562 g/mol. The molecule has 0 spiro atoms. The zero-order valence-electron chi connectivity index (χ0n) is 23.1. The standard InChI is InChI=1S/C27H35N3O10/c1-26(2,3)40-25(34)28-17(14-35-13-16-9-7-6-8-10-16)23(32)36-15-18-20-21(39-27(4,5)38-20)22(37-18)30-12-11-19(31)29-24(30)33/h6-12,17-18,20-22H,13-15H2,1-5H3,(H,28,34)(H,29,31,33)/t17?,18-,20-,21-,22-/m1/s1. The average Bonchev–Trinajstić information content (AvgIpc) is 3.34. The summed E-state index contributed by atoms with van der Waals surface area (Å²) in [4.78, 5) is 51.7. The van der Waals surface area contributed by atoms with Crippen molar-refractivity contribution >= 4 is 12.1 Å². The number of rotatable bonds is 9. The Balaban J connectivity index is 1.43. The molecule has 0 saturated carbocycles. The Labute approximate surface area is 230 Å². The summed E-state index contributed by atoms with van der Waals surface area (Å²) in [5, 5.41) is 2.51. The van der Waals surface area contributed by atoms with Crippen LogP contribution in [-0.4, -0.2) is 70.6 Å². The van der Waals surface area contributed by atoms with Crippen molar-refractivity contribution in [3.05, 3.63) is 69.0 Å². The lowest BCUT2D eigenvalue weighted by atomic mass is 10.1. The van der Waals surface area contributed by atoms with Gasteiger partial charge in [0, 0.05) is 12.3 Å². The van der Waals surface area contributed by atoms with E-state index in [4.69, 9.17) is 28.4 Å². The number of fused-ring (bicyclic) bond motifs is 1. The summed E-state index contributed by atoms with van der Waals surface area (Å²) >= 11 is 0. The van der Waals surface area contributed by atoms with Crippen LogP contribution in [-0.2, 0) is 39.8 Å². The SMILES string of the molecule is CC(C)(C)OC(=O)NC(COCc1ccccc1)C(=O)OC[C@H]1O[C@@H](n2ccc(=O)[nH]c2=O)[C@@H]2OC(C)(C)O[C@@H]21. The molecule has 0 aliphatic carbocycles. The number of nitrogens with zero attached hydrogens (tertiary/aromatic N) is 1. The Bertz CT molecular complexity index is 1300. The molecule has 218 valence electrons. The molecule has 4 rings (SSSR count). The molecule has 2 aromatic rings. The highest BCUT2D eigenvalue weighted by Crippen LogP contribution is 2.42. The van der Waals surface area contributed by atoms with Crippen LogP contribution in [0.25, 0.3) is 0 Å². The zero-order chi connectivity index (χ0) is 29.1. The van der Waals surface area contributed by atoms with Crippen LogP contribution >= 0.6 is 0 Å². The summed E-state index contributed by atoms with van der Waals surface area (Å²) < 4.78 is 35.7. The minimum Gasteiger partial charge on any atom is -0.461 e. The topological polar surface area (TPSA) is 156 Å². The van der Waals surface area contributed by atoms with Crippen molar-refractivity contribution in [1.29, 1.82) is 0 Å². The lowest BCUT2D eigenvalue weighted by molar-refractivity contribution is -0.203. The highest BCUT2D eigenvalue weighted by molar-refractivity contribution is 5.81. The Kier molecular flexibility index (Phi) is 8.78. The van der Waals surface area contributed by atoms with E-state index in [0.717, 1.165) is 5.56 Å². The van der Waals surface area contributed by atoms with E-state index in [2.05, 4.69) is 10.3 Å². The molecule has 13 heteroatoms. The van der Waals surface area contributed by atoms with Gasteiger partial charge in [-0.25, -0.2) is 14.4 Å². The molecule has 5 atom stereocenters. The second-order valence-corrected chi connectivity index (χ2v) is 11.0. The molecule has 2 N–H and O–H groups in total. The number of aromatic nitrogens is 2. The molecule has 13 nitrogen and oxygen atoms in total. The molecular formula is C27H35N3O10. The number of carbonyl (C=O) groups is 2. The van der Waals surface area contributed by atoms with Crippen LogP contribution in [0.3, 0.4) is 0 Å². The van der Waals surface area contributed by atoms with E-state index in [-0.39, 0.29) is 19.8 Å². The van der Waals surface area contributed by atoms with Gasteiger partial charge in [-0.2, -0.15) is 0 Å². The van der Waals surface area contributed by atoms with Gasteiger partial charge in [0.15, 0.2) is 18.1 Å². The van der Waals surface area contributed by atoms with E-state index >= 15 is 0 Å². The molecule has 0 bridgehead atoms. The van der Waals surface area contributed by atoms with Gasteiger partial charge < -0.3 is 33.7 Å². The van der Waals surface area contributed by atoms with Crippen molar-refractivity contribution < 1.29 is 38.0 Å². The number of nitrogens with one attached hydrogen (secondary N) is 2. The van der Waals surface area contributed by atoms with Crippen LogP contribution in [0.2, 0.25) is 0 Å². The number of hydrogen-bond donors (Lipinski definition) is 2. The molecule has 1 aromatic heterocycles. The van der Waals surface area contributed by atoms with Crippen molar-refractivity contribution in [2.75, 3.05) is 13.2 Å². The van der Waals surface area contributed by atoms with Crippen LogP contribution in [0.1, 0.15) is 46.4 Å². The van der Waals surface area contributed by atoms with Gasteiger partial charge in [-0.3, -0.25) is 14.3 Å². The predicted molar refractivity (Wildman–Crippen MR) is 139 cm³/mol. The smallest absolute Gasteiger partial charge is 0.408 e. The normalized spacial score (nSPS) is 24.2. The number of carbonyl (C=O) groups excluding carboxylic acids is 2. The number of hydrogen-bond acceptors (Lipinski definition) is 10. The number of amides is 1. The van der Waals surface area contributed by atoms with Crippen molar-refractivity contribution in [1.82, 2.24) is 14.9 Å². The Morgan fingerprint density at radius 3 is 2.48 bits per heavy atom. The lowest BCUT2D eigenvalue weighted by Crippen LogP contribution is -2.47. The fourth-order valence-electron chi connectivity index (χ4n) is 4.40. The first kappa shape index (κ1) is 29.5. The van der Waals surface area contributed by atoms with Crippen molar-refractivity contribution in [2.24, 2.45) is 0 Å². The van der Waals surface area contributed by atoms with E-state index < -0.39 is 65.3 Å². The molecule has 1 unspecified atom stereocenters. The number of alkyl carbamates (subject to hydrolysis) is 1. The third-order valence-electron chi connectivity index (χ3n) is 6.01. The third-order valence-corrected chi connectivity index (χ3v) is 6.01. The Hall–Kier alpha value is -3.52. The van der Waals surface area contributed by atoms with Crippen LogP contribution < -0.4 is 16.6 Å². The first-order chi connectivity index (χ1) is 18.8. The maximum atomic E-state index is 13.1. The van der Waals surface area contributed by atoms with E-state index in [9.17, 15) is 19.2 Å². The fraction of sp³-hybridized carbons (Fsp3) is 0.556. The summed E-state index contributed by atoms with van der Waals surface area (Å²) in [6, 6.07) is 9.37. The molecule has 2 saturated heterocycles. The van der Waals surface area contributed by atoms with E-state index in [1.54, 1.807) is 34.6 Å². The van der Waals surface area contributed by atoms with Crippen LogP contribution in [0.5, 0.6) is 0 Å². The molecule has 1 amide bonds. The van der Waals surface area contributed by atoms with Crippen LogP contribution in [0.4, 0.5) is 4.79 Å². The lowest BCUT2D eigenvalue weighted by Gasteiger charge is -2.25. The highest BCUT2D eigenvalue weighted by atomic mass is 16.8. The minimum absolute atomic E-state index is 0.174. The Morgan fingerprint density at radius 2 is 1.80 bits per heavy atom. The van der Waals surface area contributed by atoms with Gasteiger partial charge in [0.1, 0.15) is 30.5 Å². The van der Waals surface area contributed by atoms with Crippen molar-refractivity contribution in [3.8, 4) is 0 Å².